The van der Waals surface area contributed by atoms with Crippen LogP contribution in [0.2, 0.25) is 0 Å². The van der Waals surface area contributed by atoms with Gasteiger partial charge < -0.3 is 34.3 Å². The molecule has 6 rings (SSSR count). The summed E-state index contributed by atoms with van der Waals surface area (Å²) in [7, 11) is 3.33. The summed E-state index contributed by atoms with van der Waals surface area (Å²) in [5.74, 6) is 1.59. The van der Waals surface area contributed by atoms with Gasteiger partial charge in [-0.1, -0.05) is 30.3 Å². The van der Waals surface area contributed by atoms with E-state index in [1.807, 2.05) is 72.8 Å². The fraction of sp³-hybridized carbons (Fsp3) is 0.259. The molecule has 1 saturated heterocycles. The summed E-state index contributed by atoms with van der Waals surface area (Å²) in [6.07, 6.45) is -1.35. The van der Waals surface area contributed by atoms with Gasteiger partial charge in [-0.25, -0.2) is 0 Å². The maximum atomic E-state index is 6.54. The first-order valence-corrected chi connectivity index (χ1v) is 11.3. The highest BCUT2D eigenvalue weighted by molar-refractivity contribution is 5.69. The first-order chi connectivity index (χ1) is 16.7. The molecule has 0 bridgehead atoms. The number of fused-ring (bicyclic) bond motifs is 4. The summed E-state index contributed by atoms with van der Waals surface area (Å²) >= 11 is 0. The molecule has 3 aliphatic heterocycles. The molecule has 4 atom stereocenters. The molecule has 1 fully saturated rings. The molecule has 0 saturated carbocycles. The molecule has 0 aliphatic carbocycles. The molecule has 174 valence electrons. The Labute approximate surface area is 198 Å². The van der Waals surface area contributed by atoms with E-state index in [9.17, 15) is 0 Å². The van der Waals surface area contributed by atoms with Gasteiger partial charge in [-0.3, -0.25) is 0 Å². The second-order valence-corrected chi connectivity index (χ2v) is 8.45. The van der Waals surface area contributed by atoms with Gasteiger partial charge >= 0.3 is 0 Å². The Balaban J connectivity index is 1.39. The number of methoxy groups -OCH3 is 2. The summed E-state index contributed by atoms with van der Waals surface area (Å²) in [5.41, 5.74) is 5.81. The molecule has 2 N–H and O–H groups in total. The highest BCUT2D eigenvalue weighted by Crippen LogP contribution is 2.48. The molecule has 3 aromatic rings. The van der Waals surface area contributed by atoms with Crippen LogP contribution in [-0.4, -0.2) is 33.0 Å². The van der Waals surface area contributed by atoms with Crippen LogP contribution in [0.1, 0.15) is 23.5 Å². The lowest BCUT2D eigenvalue weighted by Gasteiger charge is -2.43. The van der Waals surface area contributed by atoms with Gasteiger partial charge in [0.25, 0.3) is 0 Å². The Kier molecular flexibility index (Phi) is 5.37. The van der Waals surface area contributed by atoms with Crippen molar-refractivity contribution in [1.29, 1.82) is 0 Å². The zero-order valence-corrected chi connectivity index (χ0v) is 19.0. The summed E-state index contributed by atoms with van der Waals surface area (Å²) in [5, 5.41) is 7.17. The summed E-state index contributed by atoms with van der Waals surface area (Å²) < 4.78 is 29.9. The van der Waals surface area contributed by atoms with Crippen LogP contribution in [0.3, 0.4) is 0 Å². The lowest BCUT2D eigenvalue weighted by molar-refractivity contribution is -0.266. The van der Waals surface area contributed by atoms with Crippen molar-refractivity contribution < 1.29 is 23.7 Å². The van der Waals surface area contributed by atoms with E-state index in [1.165, 1.54) is 0 Å². The molecule has 0 aromatic heterocycles. The maximum absolute atomic E-state index is 6.54. The molecule has 0 amide bonds. The molecule has 7 heteroatoms. The fourth-order valence-electron chi connectivity index (χ4n) is 4.69. The van der Waals surface area contributed by atoms with E-state index < -0.39 is 6.29 Å². The molecule has 34 heavy (non-hydrogen) atoms. The van der Waals surface area contributed by atoms with Gasteiger partial charge in [0.2, 0.25) is 0 Å². The fourth-order valence-corrected chi connectivity index (χ4v) is 4.69. The molecule has 3 heterocycles. The second-order valence-electron chi connectivity index (χ2n) is 8.45. The van der Waals surface area contributed by atoms with Gasteiger partial charge in [0.1, 0.15) is 29.8 Å². The van der Waals surface area contributed by atoms with Crippen molar-refractivity contribution in [1.82, 2.24) is 0 Å². The van der Waals surface area contributed by atoms with E-state index in [1.54, 1.807) is 14.2 Å². The zero-order chi connectivity index (χ0) is 23.1. The quantitative estimate of drug-likeness (QED) is 0.557. The van der Waals surface area contributed by atoms with Gasteiger partial charge in [-0.2, -0.15) is 0 Å². The minimum Gasteiger partial charge on any atom is -0.497 e. The highest BCUT2D eigenvalue weighted by Gasteiger charge is 2.47. The van der Waals surface area contributed by atoms with E-state index in [4.69, 9.17) is 23.7 Å². The van der Waals surface area contributed by atoms with Crippen molar-refractivity contribution in [3.8, 4) is 11.5 Å². The average molecular weight is 459 g/mol. The minimum absolute atomic E-state index is 0.270. The van der Waals surface area contributed by atoms with Crippen LogP contribution in [0.4, 0.5) is 11.4 Å². The van der Waals surface area contributed by atoms with Gasteiger partial charge in [0.05, 0.1) is 32.2 Å². The van der Waals surface area contributed by atoms with E-state index in [0.29, 0.717) is 6.61 Å². The molecular formula is C27H26N2O5. The predicted octanol–water partition coefficient (Wildman–Crippen LogP) is 5.01. The van der Waals surface area contributed by atoms with Crippen LogP contribution in [0, 0.1) is 0 Å². The standard InChI is InChI=1S/C27H26N2O5/c1-30-18-10-8-17(9-11-18)28-24-23-25(20-14-19(31-2)12-13-21(20)29-23)33-22-15-32-27(34-26(22)24)16-6-4-3-5-7-16/h3-14,22,25-29H,15H2,1-2H3/t22-,25?,26-,27-/m1/s1. The monoisotopic (exact) mass is 458 g/mol. The number of anilines is 2. The van der Waals surface area contributed by atoms with Crippen LogP contribution in [0.15, 0.2) is 84.2 Å². The molecule has 1 unspecified atom stereocenters. The van der Waals surface area contributed by atoms with E-state index >= 15 is 0 Å². The minimum atomic E-state index is -0.472. The van der Waals surface area contributed by atoms with Crippen LogP contribution < -0.4 is 20.1 Å². The molecule has 3 aliphatic rings. The lowest BCUT2D eigenvalue weighted by atomic mass is 9.98. The van der Waals surface area contributed by atoms with E-state index in [0.717, 1.165) is 45.4 Å². The Morgan fingerprint density at radius 3 is 2.41 bits per heavy atom. The number of hydrogen-bond acceptors (Lipinski definition) is 7. The van der Waals surface area contributed by atoms with Crippen molar-refractivity contribution in [2.75, 3.05) is 31.5 Å². The lowest BCUT2D eigenvalue weighted by Crippen LogP contribution is -2.48. The van der Waals surface area contributed by atoms with E-state index in [-0.39, 0.29) is 18.3 Å². The number of hydrogen-bond donors (Lipinski definition) is 2. The van der Waals surface area contributed by atoms with Gasteiger partial charge in [0.15, 0.2) is 6.29 Å². The second kappa shape index (κ2) is 8.68. The number of rotatable bonds is 5. The molecule has 7 nitrogen and oxygen atoms in total. The summed E-state index contributed by atoms with van der Waals surface area (Å²) in [6.45, 7) is 0.418. The summed E-state index contributed by atoms with van der Waals surface area (Å²) in [6, 6.07) is 23.8. The third-order valence-electron chi connectivity index (χ3n) is 6.42. The average Bonchev–Trinajstić information content (AvgIpc) is 3.27. The van der Waals surface area contributed by atoms with Crippen LogP contribution in [-0.2, 0) is 14.2 Å². The highest BCUT2D eigenvalue weighted by atomic mass is 16.7. The van der Waals surface area contributed by atoms with E-state index in [2.05, 4.69) is 10.6 Å². The SMILES string of the molecule is COc1ccc(NC2=C3Nc4ccc(OC)cc4C3O[C@@H]3CO[C@@H](c4ccccc4)O[C@@H]23)cc1. The van der Waals surface area contributed by atoms with Gasteiger partial charge in [-0.05, 0) is 42.5 Å². The molecule has 0 radical (unpaired) electrons. The van der Waals surface area contributed by atoms with Crippen LogP contribution in [0.5, 0.6) is 11.5 Å². The van der Waals surface area contributed by atoms with Gasteiger partial charge in [0, 0.05) is 22.5 Å². The Bertz CT molecular complexity index is 1210. The normalized spacial score (nSPS) is 25.0. The van der Waals surface area contributed by atoms with Crippen molar-refractivity contribution in [2.24, 2.45) is 0 Å². The predicted molar refractivity (Wildman–Crippen MR) is 128 cm³/mol. The topological polar surface area (TPSA) is 70.2 Å². The van der Waals surface area contributed by atoms with Crippen LogP contribution in [0.25, 0.3) is 0 Å². The van der Waals surface area contributed by atoms with Crippen molar-refractivity contribution in [3.05, 3.63) is 95.3 Å². The molecule has 3 aromatic carbocycles. The number of nitrogens with one attached hydrogen (secondary N) is 2. The smallest absolute Gasteiger partial charge is 0.184 e. The molecular weight excluding hydrogens is 432 g/mol. The third kappa shape index (κ3) is 3.68. The summed E-state index contributed by atoms with van der Waals surface area (Å²) in [4.78, 5) is 0. The Hall–Kier alpha value is -3.52. The van der Waals surface area contributed by atoms with Crippen molar-refractivity contribution in [2.45, 2.75) is 24.6 Å². The maximum Gasteiger partial charge on any atom is 0.184 e. The van der Waals surface area contributed by atoms with Crippen molar-refractivity contribution >= 4 is 11.4 Å². The first-order valence-electron chi connectivity index (χ1n) is 11.3. The third-order valence-corrected chi connectivity index (χ3v) is 6.42. The Morgan fingerprint density at radius 2 is 1.65 bits per heavy atom. The number of ether oxygens (including phenoxy) is 5. The van der Waals surface area contributed by atoms with Gasteiger partial charge in [-0.15, -0.1) is 0 Å². The Morgan fingerprint density at radius 1 is 0.882 bits per heavy atom. The number of benzene rings is 3. The molecule has 0 spiro atoms. The first kappa shape index (κ1) is 21.0. The van der Waals surface area contributed by atoms with Crippen LogP contribution >= 0.6 is 0 Å². The largest absolute Gasteiger partial charge is 0.497 e. The van der Waals surface area contributed by atoms with Crippen molar-refractivity contribution in [3.63, 3.8) is 0 Å². The zero-order valence-electron chi connectivity index (χ0n) is 19.0.